The molecule has 0 N–H and O–H groups in total. The van der Waals surface area contributed by atoms with Crippen molar-refractivity contribution in [2.45, 2.75) is 24.8 Å². The predicted molar refractivity (Wildman–Crippen MR) is 118 cm³/mol. The second kappa shape index (κ2) is 7.46. The quantitative estimate of drug-likeness (QED) is 0.466. The molecule has 2 nitrogen and oxygen atoms in total. The molecule has 1 aromatic rings. The van der Waals surface area contributed by atoms with Crippen molar-refractivity contribution in [3.63, 3.8) is 0 Å². The van der Waals surface area contributed by atoms with Crippen LogP contribution in [0.2, 0.25) is 5.02 Å². The summed E-state index contributed by atoms with van der Waals surface area (Å²) >= 11 is 13.9. The van der Waals surface area contributed by atoms with Gasteiger partial charge in [0.25, 0.3) is 0 Å². The molecule has 1 saturated heterocycles. The molecular weight excluding hydrogens is 476 g/mol. The number of halogens is 3. The highest BCUT2D eigenvalue weighted by molar-refractivity contribution is 9.12. The second-order valence-corrected chi connectivity index (χ2v) is 9.87. The average molecular weight is 499 g/mol. The minimum Gasteiger partial charge on any atom is -0.372 e. The van der Waals surface area contributed by atoms with Crippen LogP contribution in [0.4, 0.5) is 0 Å². The van der Waals surface area contributed by atoms with Gasteiger partial charge < -0.3 is 9.80 Å². The highest BCUT2D eigenvalue weighted by Crippen LogP contribution is 2.47. The zero-order valence-corrected chi connectivity index (χ0v) is 19.0. The van der Waals surface area contributed by atoms with Gasteiger partial charge in [-0.3, -0.25) is 0 Å². The number of allylic oxidation sites excluding steroid dienone is 2. The first-order valence-corrected chi connectivity index (χ1v) is 11.1. The van der Waals surface area contributed by atoms with Crippen LogP contribution in [0.1, 0.15) is 29.9 Å². The first-order chi connectivity index (χ1) is 12.4. The Morgan fingerprint density at radius 2 is 1.81 bits per heavy atom. The highest BCUT2D eigenvalue weighted by Gasteiger charge is 2.40. The fourth-order valence-electron chi connectivity index (χ4n) is 4.72. The Balaban J connectivity index is 1.86. The summed E-state index contributed by atoms with van der Waals surface area (Å²) in [6, 6.07) is 4.51. The Kier molecular flexibility index (Phi) is 5.39. The molecule has 2 unspecified atom stereocenters. The third kappa shape index (κ3) is 3.46. The molecule has 0 spiro atoms. The topological polar surface area (TPSA) is 6.48 Å². The second-order valence-electron chi connectivity index (χ2n) is 7.66. The fourth-order valence-corrected chi connectivity index (χ4v) is 6.40. The lowest BCUT2D eigenvalue weighted by Gasteiger charge is -2.43. The number of hydrogen-bond donors (Lipinski definition) is 0. The smallest absolute Gasteiger partial charge is 0.0606 e. The van der Waals surface area contributed by atoms with Crippen molar-refractivity contribution in [3.8, 4) is 0 Å². The van der Waals surface area contributed by atoms with Gasteiger partial charge in [-0.15, -0.1) is 0 Å². The van der Waals surface area contributed by atoms with Gasteiger partial charge in [0.15, 0.2) is 0 Å². The maximum Gasteiger partial charge on any atom is 0.0606 e. The molecular formula is C21H23Br2ClN2. The van der Waals surface area contributed by atoms with Crippen LogP contribution in [-0.4, -0.2) is 43.0 Å². The van der Waals surface area contributed by atoms with Crippen LogP contribution in [0.3, 0.4) is 0 Å². The molecule has 2 heterocycles. The maximum atomic E-state index is 6.38. The first kappa shape index (κ1) is 18.8. The molecule has 1 aliphatic carbocycles. The van der Waals surface area contributed by atoms with Gasteiger partial charge in [-0.05, 0) is 89.7 Å². The summed E-state index contributed by atoms with van der Waals surface area (Å²) in [6.07, 6.45) is 11.4. The van der Waals surface area contributed by atoms with Crippen LogP contribution < -0.4 is 0 Å². The summed E-state index contributed by atoms with van der Waals surface area (Å²) in [5.41, 5.74) is 4.02. The van der Waals surface area contributed by atoms with Crippen molar-refractivity contribution >= 4 is 49.5 Å². The first-order valence-electron chi connectivity index (χ1n) is 9.10. The van der Waals surface area contributed by atoms with Gasteiger partial charge in [-0.1, -0.05) is 39.7 Å². The van der Waals surface area contributed by atoms with Crippen LogP contribution in [0.5, 0.6) is 0 Å². The molecule has 1 fully saturated rings. The molecule has 0 bridgehead atoms. The van der Waals surface area contributed by atoms with Crippen LogP contribution in [0.25, 0.3) is 6.08 Å². The Morgan fingerprint density at radius 1 is 1.08 bits per heavy atom. The normalized spacial score (nSPS) is 26.7. The average Bonchev–Trinajstić information content (AvgIpc) is 2.73. The predicted octanol–water partition coefficient (Wildman–Crippen LogP) is 6.03. The highest BCUT2D eigenvalue weighted by atomic mass is 79.9. The monoisotopic (exact) mass is 496 g/mol. The van der Waals surface area contributed by atoms with E-state index in [9.17, 15) is 0 Å². The Labute approximate surface area is 177 Å². The van der Waals surface area contributed by atoms with Crippen LogP contribution in [-0.2, 0) is 0 Å². The van der Waals surface area contributed by atoms with E-state index in [1.54, 1.807) is 0 Å². The zero-order valence-electron chi connectivity index (χ0n) is 15.1. The number of hydrogen-bond acceptors (Lipinski definition) is 2. The third-order valence-electron chi connectivity index (χ3n) is 5.94. The number of rotatable bonds is 1. The number of likely N-dealkylation sites (tertiary alicyclic amines) is 1. The van der Waals surface area contributed by atoms with Gasteiger partial charge in [-0.25, -0.2) is 0 Å². The summed E-state index contributed by atoms with van der Waals surface area (Å²) in [4.78, 5) is 4.82. The standard InChI is InChI=1S/C21H23Br2ClN2/c1-25-7-5-13(6-8-25)20-19-14(10-17(24)11-18(19)23)3-4-15-9-16(22)12-26(2)21(15)20/h3-4,9-13,20-21H,5-8H2,1-2H3. The molecule has 2 atom stereocenters. The van der Waals surface area contributed by atoms with Gasteiger partial charge in [-0.2, -0.15) is 0 Å². The van der Waals surface area contributed by atoms with Crippen LogP contribution in [0.15, 0.2) is 45.0 Å². The molecule has 4 rings (SSSR count). The minimum atomic E-state index is 0.347. The summed E-state index contributed by atoms with van der Waals surface area (Å²) in [6.45, 7) is 2.34. The molecule has 0 aromatic heterocycles. The number of fused-ring (bicyclic) bond motifs is 2. The molecule has 26 heavy (non-hydrogen) atoms. The number of benzene rings is 1. The summed E-state index contributed by atoms with van der Waals surface area (Å²) in [5, 5.41) is 0.786. The lowest BCUT2D eigenvalue weighted by molar-refractivity contribution is 0.165. The summed E-state index contributed by atoms with van der Waals surface area (Å²) in [7, 11) is 4.43. The van der Waals surface area contributed by atoms with Gasteiger partial charge in [0, 0.05) is 33.1 Å². The van der Waals surface area contributed by atoms with Gasteiger partial charge in [0.2, 0.25) is 0 Å². The van der Waals surface area contributed by atoms with Crippen molar-refractivity contribution in [3.05, 3.63) is 61.2 Å². The lowest BCUT2D eigenvalue weighted by atomic mass is 9.73. The molecule has 0 saturated carbocycles. The largest absolute Gasteiger partial charge is 0.372 e. The van der Waals surface area contributed by atoms with Crippen LogP contribution in [0, 0.1) is 5.92 Å². The SMILES string of the molecule is CN1CCC(C2c3c(Br)cc(Cl)cc3C=CC3=CC(Br)=CN(C)C32)CC1. The molecule has 2 aliphatic heterocycles. The molecule has 1 aromatic carbocycles. The zero-order chi connectivity index (χ0) is 18.4. The van der Waals surface area contributed by atoms with E-state index in [0.29, 0.717) is 17.9 Å². The Morgan fingerprint density at radius 3 is 2.54 bits per heavy atom. The van der Waals surface area contributed by atoms with Crippen molar-refractivity contribution in [2.24, 2.45) is 5.92 Å². The minimum absolute atomic E-state index is 0.347. The van der Waals surface area contributed by atoms with E-state index >= 15 is 0 Å². The van der Waals surface area contributed by atoms with Crippen molar-refractivity contribution in [2.75, 3.05) is 27.2 Å². The number of nitrogens with zero attached hydrogens (tertiary/aromatic N) is 2. The third-order valence-corrected chi connectivity index (χ3v) is 7.25. The van der Waals surface area contributed by atoms with Crippen molar-refractivity contribution < 1.29 is 0 Å². The molecule has 0 amide bonds. The fraction of sp³-hybridized carbons (Fsp3) is 0.429. The van der Waals surface area contributed by atoms with E-state index in [4.69, 9.17) is 11.6 Å². The van der Waals surface area contributed by atoms with E-state index in [-0.39, 0.29) is 0 Å². The van der Waals surface area contributed by atoms with E-state index in [2.05, 4.69) is 92.3 Å². The van der Waals surface area contributed by atoms with Gasteiger partial charge in [0.05, 0.1) is 6.04 Å². The maximum absolute atomic E-state index is 6.38. The Hall–Kier alpha value is -0.550. The number of likely N-dealkylation sites (N-methyl/N-ethyl adjacent to an activating group) is 1. The van der Waals surface area contributed by atoms with Crippen LogP contribution >= 0.6 is 43.5 Å². The van der Waals surface area contributed by atoms with E-state index < -0.39 is 0 Å². The molecule has 138 valence electrons. The summed E-state index contributed by atoms with van der Waals surface area (Å²) < 4.78 is 2.26. The lowest BCUT2D eigenvalue weighted by Crippen LogP contribution is -2.42. The van der Waals surface area contributed by atoms with Crippen molar-refractivity contribution in [1.82, 2.24) is 9.80 Å². The summed E-state index contributed by atoms with van der Waals surface area (Å²) in [5.74, 6) is 1.09. The number of piperidine rings is 1. The van der Waals surface area contributed by atoms with Gasteiger partial charge >= 0.3 is 0 Å². The van der Waals surface area contributed by atoms with Crippen molar-refractivity contribution in [1.29, 1.82) is 0 Å². The van der Waals surface area contributed by atoms with E-state index in [0.717, 1.165) is 14.0 Å². The molecule has 5 heteroatoms. The van der Waals surface area contributed by atoms with Gasteiger partial charge in [0.1, 0.15) is 0 Å². The molecule has 0 radical (unpaired) electrons. The molecule has 3 aliphatic rings. The van der Waals surface area contributed by atoms with E-state index in [1.165, 1.54) is 42.6 Å². The van der Waals surface area contributed by atoms with E-state index in [1.807, 2.05) is 0 Å². The Bertz CT molecular complexity index is 806.